The van der Waals surface area contributed by atoms with Crippen LogP contribution in [0.3, 0.4) is 0 Å². The fourth-order valence-corrected chi connectivity index (χ4v) is 2.79. The largest absolute Gasteiger partial charge is 0.341 e. The number of nitrogens with one attached hydrogen (secondary N) is 2. The van der Waals surface area contributed by atoms with Crippen molar-refractivity contribution in [2.45, 2.75) is 18.9 Å². The van der Waals surface area contributed by atoms with Crippen molar-refractivity contribution in [3.8, 4) is 0 Å². The highest BCUT2D eigenvalue weighted by Crippen LogP contribution is 2.17. The molecule has 1 fully saturated rings. The summed E-state index contributed by atoms with van der Waals surface area (Å²) in [5, 5.41) is 6.39. The van der Waals surface area contributed by atoms with Crippen molar-refractivity contribution in [3.05, 3.63) is 47.7 Å². The number of hydrogen-bond acceptors (Lipinski definition) is 4. The van der Waals surface area contributed by atoms with Gasteiger partial charge in [-0.15, -0.1) is 0 Å². The van der Waals surface area contributed by atoms with E-state index < -0.39 is 0 Å². The SMILES string of the molecule is O=C(Nc1cccc(Cl)c1)NC1CCN(c2ncccn2)CC1. The Hall–Kier alpha value is -2.34. The van der Waals surface area contributed by atoms with Gasteiger partial charge in [-0.05, 0) is 37.1 Å². The van der Waals surface area contributed by atoms with Crippen LogP contribution in [0.25, 0.3) is 0 Å². The molecule has 2 N–H and O–H groups in total. The van der Waals surface area contributed by atoms with E-state index in [0.717, 1.165) is 31.9 Å². The molecular formula is C16H18ClN5O. The molecule has 7 heteroatoms. The number of halogens is 1. The van der Waals surface area contributed by atoms with Crippen molar-refractivity contribution in [2.75, 3.05) is 23.3 Å². The highest BCUT2D eigenvalue weighted by Gasteiger charge is 2.22. The quantitative estimate of drug-likeness (QED) is 0.907. The molecule has 23 heavy (non-hydrogen) atoms. The normalized spacial score (nSPS) is 15.3. The first kappa shape index (κ1) is 15.6. The number of hydrogen-bond donors (Lipinski definition) is 2. The third-order valence-corrected chi connectivity index (χ3v) is 3.98. The Morgan fingerprint density at radius 3 is 2.61 bits per heavy atom. The summed E-state index contributed by atoms with van der Waals surface area (Å²) < 4.78 is 0. The molecule has 2 heterocycles. The summed E-state index contributed by atoms with van der Waals surface area (Å²) in [6, 6.07) is 8.84. The monoisotopic (exact) mass is 331 g/mol. The molecule has 1 saturated heterocycles. The molecule has 0 spiro atoms. The topological polar surface area (TPSA) is 70.2 Å². The summed E-state index contributed by atoms with van der Waals surface area (Å²) in [6.07, 6.45) is 5.21. The summed E-state index contributed by atoms with van der Waals surface area (Å²) in [6.45, 7) is 1.65. The van der Waals surface area contributed by atoms with Gasteiger partial charge >= 0.3 is 6.03 Å². The minimum absolute atomic E-state index is 0.147. The van der Waals surface area contributed by atoms with E-state index in [1.165, 1.54) is 0 Å². The molecule has 6 nitrogen and oxygen atoms in total. The number of amides is 2. The summed E-state index contributed by atoms with van der Waals surface area (Å²) in [5.41, 5.74) is 0.685. The highest BCUT2D eigenvalue weighted by atomic mass is 35.5. The number of urea groups is 1. The van der Waals surface area contributed by atoms with Crippen molar-refractivity contribution in [2.24, 2.45) is 0 Å². The van der Waals surface area contributed by atoms with Crippen molar-refractivity contribution in [3.63, 3.8) is 0 Å². The van der Waals surface area contributed by atoms with Crippen molar-refractivity contribution in [1.82, 2.24) is 15.3 Å². The Kier molecular flexibility index (Phi) is 4.92. The lowest BCUT2D eigenvalue weighted by molar-refractivity contribution is 0.246. The Labute approximate surface area is 139 Å². The Morgan fingerprint density at radius 1 is 1.17 bits per heavy atom. The molecule has 3 rings (SSSR count). The number of carbonyl (C=O) groups is 1. The molecule has 0 unspecified atom stereocenters. The Morgan fingerprint density at radius 2 is 1.91 bits per heavy atom. The Bertz CT molecular complexity index is 659. The fraction of sp³-hybridized carbons (Fsp3) is 0.312. The second kappa shape index (κ2) is 7.28. The standard InChI is InChI=1S/C16H18ClN5O/c17-12-3-1-4-14(11-12)21-16(23)20-13-5-9-22(10-6-13)15-18-7-2-8-19-15/h1-4,7-8,11,13H,5-6,9-10H2,(H2,20,21,23). The van der Waals surface area contributed by atoms with E-state index in [2.05, 4.69) is 25.5 Å². The zero-order valence-electron chi connectivity index (χ0n) is 12.6. The minimum Gasteiger partial charge on any atom is -0.341 e. The lowest BCUT2D eigenvalue weighted by Gasteiger charge is -2.32. The van der Waals surface area contributed by atoms with Crippen LogP contribution in [0.15, 0.2) is 42.7 Å². The molecular weight excluding hydrogens is 314 g/mol. The zero-order valence-corrected chi connectivity index (χ0v) is 13.3. The van der Waals surface area contributed by atoms with Gasteiger partial charge in [-0.3, -0.25) is 0 Å². The molecule has 0 atom stereocenters. The summed E-state index contributed by atoms with van der Waals surface area (Å²) in [5.74, 6) is 0.745. The highest BCUT2D eigenvalue weighted by molar-refractivity contribution is 6.30. The minimum atomic E-state index is -0.207. The summed E-state index contributed by atoms with van der Waals surface area (Å²) in [4.78, 5) is 22.7. The van der Waals surface area contributed by atoms with Crippen LogP contribution < -0.4 is 15.5 Å². The number of carbonyl (C=O) groups excluding carboxylic acids is 1. The number of rotatable bonds is 3. The molecule has 2 aromatic rings. The van der Waals surface area contributed by atoms with Gasteiger partial charge in [-0.2, -0.15) is 0 Å². The van der Waals surface area contributed by atoms with E-state index in [9.17, 15) is 4.79 Å². The fourth-order valence-electron chi connectivity index (χ4n) is 2.60. The van der Waals surface area contributed by atoms with Gasteiger partial charge in [0, 0.05) is 42.2 Å². The summed E-state index contributed by atoms with van der Waals surface area (Å²) in [7, 11) is 0. The maximum absolute atomic E-state index is 12.0. The third-order valence-electron chi connectivity index (χ3n) is 3.75. The van der Waals surface area contributed by atoms with Crippen LogP contribution in [0.5, 0.6) is 0 Å². The zero-order chi connectivity index (χ0) is 16.1. The molecule has 0 saturated carbocycles. The van der Waals surface area contributed by atoms with Gasteiger partial charge in [0.05, 0.1) is 0 Å². The maximum Gasteiger partial charge on any atom is 0.319 e. The van der Waals surface area contributed by atoms with Crippen LogP contribution in [0.4, 0.5) is 16.4 Å². The predicted molar refractivity (Wildman–Crippen MR) is 90.9 cm³/mol. The Balaban J connectivity index is 1.48. The van der Waals surface area contributed by atoms with Crippen LogP contribution in [0.1, 0.15) is 12.8 Å². The number of aromatic nitrogens is 2. The van der Waals surface area contributed by atoms with Crippen LogP contribution in [-0.2, 0) is 0 Å². The van der Waals surface area contributed by atoms with Gasteiger partial charge in [0.2, 0.25) is 5.95 Å². The van der Waals surface area contributed by atoms with Gasteiger partial charge in [-0.25, -0.2) is 14.8 Å². The van der Waals surface area contributed by atoms with Gasteiger partial charge < -0.3 is 15.5 Å². The first-order chi connectivity index (χ1) is 11.2. The first-order valence-electron chi connectivity index (χ1n) is 7.56. The second-order valence-corrected chi connectivity index (χ2v) is 5.86. The van der Waals surface area contributed by atoms with Crippen LogP contribution in [0.2, 0.25) is 5.02 Å². The molecule has 1 aromatic carbocycles. The maximum atomic E-state index is 12.0. The third kappa shape index (κ3) is 4.32. The molecule has 1 aliphatic heterocycles. The molecule has 120 valence electrons. The smallest absolute Gasteiger partial charge is 0.319 e. The van der Waals surface area contributed by atoms with Crippen molar-refractivity contribution < 1.29 is 4.79 Å². The van der Waals surface area contributed by atoms with Gasteiger partial charge in [0.15, 0.2) is 0 Å². The van der Waals surface area contributed by atoms with Crippen LogP contribution in [-0.4, -0.2) is 35.1 Å². The molecule has 0 bridgehead atoms. The first-order valence-corrected chi connectivity index (χ1v) is 7.93. The van der Waals surface area contributed by atoms with Gasteiger partial charge in [0.1, 0.15) is 0 Å². The number of benzene rings is 1. The van der Waals surface area contributed by atoms with E-state index in [1.54, 1.807) is 42.7 Å². The van der Waals surface area contributed by atoms with E-state index >= 15 is 0 Å². The molecule has 2 amide bonds. The van der Waals surface area contributed by atoms with E-state index in [-0.39, 0.29) is 12.1 Å². The summed E-state index contributed by atoms with van der Waals surface area (Å²) >= 11 is 5.91. The average Bonchev–Trinajstić information content (AvgIpc) is 2.56. The number of piperidine rings is 1. The van der Waals surface area contributed by atoms with Crippen LogP contribution >= 0.6 is 11.6 Å². The molecule has 0 radical (unpaired) electrons. The second-order valence-electron chi connectivity index (χ2n) is 5.42. The van der Waals surface area contributed by atoms with E-state index in [0.29, 0.717) is 10.7 Å². The lowest BCUT2D eigenvalue weighted by atomic mass is 10.1. The van der Waals surface area contributed by atoms with Crippen molar-refractivity contribution in [1.29, 1.82) is 0 Å². The van der Waals surface area contributed by atoms with E-state index in [1.807, 2.05) is 0 Å². The average molecular weight is 332 g/mol. The molecule has 0 aliphatic carbocycles. The number of anilines is 2. The predicted octanol–water partition coefficient (Wildman–Crippen LogP) is 2.92. The number of nitrogens with zero attached hydrogens (tertiary/aromatic N) is 3. The van der Waals surface area contributed by atoms with Gasteiger partial charge in [-0.1, -0.05) is 17.7 Å². The molecule has 1 aromatic heterocycles. The lowest BCUT2D eigenvalue weighted by Crippen LogP contribution is -2.46. The molecule has 1 aliphatic rings. The van der Waals surface area contributed by atoms with E-state index in [4.69, 9.17) is 11.6 Å². The van der Waals surface area contributed by atoms with Crippen LogP contribution in [0, 0.1) is 0 Å². The van der Waals surface area contributed by atoms with Crippen molar-refractivity contribution >= 4 is 29.3 Å². The van der Waals surface area contributed by atoms with Gasteiger partial charge in [0.25, 0.3) is 0 Å².